The molecule has 1 unspecified atom stereocenters. The molecule has 1 aliphatic heterocycles. The standard InChI is InChI=1S/C11H12ClN3O3/c12-9-4-8(15(17)18)1-2-10(9)14-6-7(5-13)3-11(14)16/h1-2,4,7H,3,5-6,13H2. The van der Waals surface area contributed by atoms with Gasteiger partial charge in [-0.1, -0.05) is 11.6 Å². The number of nitro groups is 1. The van der Waals surface area contributed by atoms with Crippen LogP contribution in [0.4, 0.5) is 11.4 Å². The number of nitro benzene ring substituents is 1. The number of hydrogen-bond acceptors (Lipinski definition) is 4. The number of nitrogens with zero attached hydrogens (tertiary/aromatic N) is 2. The van der Waals surface area contributed by atoms with Crippen molar-refractivity contribution in [2.24, 2.45) is 11.7 Å². The highest BCUT2D eigenvalue weighted by molar-refractivity contribution is 6.34. The van der Waals surface area contributed by atoms with E-state index >= 15 is 0 Å². The van der Waals surface area contributed by atoms with E-state index in [1.807, 2.05) is 0 Å². The largest absolute Gasteiger partial charge is 0.330 e. The summed E-state index contributed by atoms with van der Waals surface area (Å²) >= 11 is 5.98. The molecule has 0 aromatic heterocycles. The Morgan fingerprint density at radius 3 is 2.78 bits per heavy atom. The van der Waals surface area contributed by atoms with Crippen LogP contribution in [0.3, 0.4) is 0 Å². The number of amides is 1. The lowest BCUT2D eigenvalue weighted by Gasteiger charge is -2.17. The maximum absolute atomic E-state index is 11.8. The van der Waals surface area contributed by atoms with Gasteiger partial charge in [-0.3, -0.25) is 14.9 Å². The van der Waals surface area contributed by atoms with E-state index in [1.54, 1.807) is 0 Å². The summed E-state index contributed by atoms with van der Waals surface area (Å²) in [4.78, 5) is 23.4. The van der Waals surface area contributed by atoms with Crippen molar-refractivity contribution in [3.63, 3.8) is 0 Å². The zero-order chi connectivity index (χ0) is 13.3. The second kappa shape index (κ2) is 4.91. The molecule has 0 saturated carbocycles. The number of non-ortho nitro benzene ring substituents is 1. The van der Waals surface area contributed by atoms with Crippen LogP contribution in [0.1, 0.15) is 6.42 Å². The maximum Gasteiger partial charge on any atom is 0.271 e. The fourth-order valence-electron chi connectivity index (χ4n) is 2.00. The minimum atomic E-state index is -0.524. The summed E-state index contributed by atoms with van der Waals surface area (Å²) in [7, 11) is 0. The summed E-state index contributed by atoms with van der Waals surface area (Å²) in [5.74, 6) is 0.0601. The van der Waals surface area contributed by atoms with Crippen molar-refractivity contribution in [1.82, 2.24) is 0 Å². The van der Waals surface area contributed by atoms with Gasteiger partial charge in [0.1, 0.15) is 0 Å². The molecular formula is C11H12ClN3O3. The molecule has 1 heterocycles. The van der Waals surface area contributed by atoms with Crippen molar-refractivity contribution in [3.8, 4) is 0 Å². The van der Waals surface area contributed by atoms with Crippen LogP contribution >= 0.6 is 11.6 Å². The van der Waals surface area contributed by atoms with Crippen LogP contribution in [0.25, 0.3) is 0 Å². The number of rotatable bonds is 3. The Balaban J connectivity index is 2.29. The molecule has 7 heteroatoms. The fraction of sp³-hybridized carbons (Fsp3) is 0.364. The monoisotopic (exact) mass is 269 g/mol. The number of anilines is 1. The first kappa shape index (κ1) is 12.8. The van der Waals surface area contributed by atoms with Gasteiger partial charge >= 0.3 is 0 Å². The van der Waals surface area contributed by atoms with Crippen molar-refractivity contribution in [2.45, 2.75) is 6.42 Å². The summed E-state index contributed by atoms with van der Waals surface area (Å²) in [6.45, 7) is 0.944. The quantitative estimate of drug-likeness (QED) is 0.666. The molecule has 2 N–H and O–H groups in total. The number of carbonyl (C=O) groups excluding carboxylic acids is 1. The SMILES string of the molecule is NCC1CC(=O)N(c2ccc([N+](=O)[O-])cc2Cl)C1. The third kappa shape index (κ3) is 2.30. The van der Waals surface area contributed by atoms with Gasteiger partial charge in [0.2, 0.25) is 5.91 Å². The van der Waals surface area contributed by atoms with Gasteiger partial charge in [0.25, 0.3) is 5.69 Å². The Kier molecular flexibility index (Phi) is 3.49. The minimum Gasteiger partial charge on any atom is -0.330 e. The van der Waals surface area contributed by atoms with E-state index in [0.29, 0.717) is 25.2 Å². The van der Waals surface area contributed by atoms with Crippen molar-refractivity contribution >= 4 is 28.9 Å². The zero-order valence-corrected chi connectivity index (χ0v) is 10.3. The smallest absolute Gasteiger partial charge is 0.271 e. The van der Waals surface area contributed by atoms with Crippen molar-refractivity contribution < 1.29 is 9.72 Å². The molecule has 1 aliphatic rings. The molecule has 2 rings (SSSR count). The second-order valence-corrected chi connectivity index (χ2v) is 4.61. The van der Waals surface area contributed by atoms with E-state index < -0.39 is 4.92 Å². The van der Waals surface area contributed by atoms with Gasteiger partial charge in [-0.15, -0.1) is 0 Å². The highest BCUT2D eigenvalue weighted by Crippen LogP contribution is 2.33. The molecule has 18 heavy (non-hydrogen) atoms. The molecular weight excluding hydrogens is 258 g/mol. The number of carbonyl (C=O) groups is 1. The first-order chi connectivity index (χ1) is 8.52. The lowest BCUT2D eigenvalue weighted by molar-refractivity contribution is -0.384. The van der Waals surface area contributed by atoms with Crippen LogP contribution in [-0.4, -0.2) is 23.9 Å². The van der Waals surface area contributed by atoms with Crippen LogP contribution < -0.4 is 10.6 Å². The summed E-state index contributed by atoms with van der Waals surface area (Å²) in [5, 5.41) is 10.8. The molecule has 1 saturated heterocycles. The first-order valence-corrected chi connectivity index (χ1v) is 5.85. The van der Waals surface area contributed by atoms with E-state index in [4.69, 9.17) is 17.3 Å². The average molecular weight is 270 g/mol. The molecule has 1 aromatic rings. The van der Waals surface area contributed by atoms with Crippen LogP contribution in [-0.2, 0) is 4.79 Å². The van der Waals surface area contributed by atoms with Crippen molar-refractivity contribution in [1.29, 1.82) is 0 Å². The van der Waals surface area contributed by atoms with Crippen LogP contribution in [0.5, 0.6) is 0 Å². The summed E-state index contributed by atoms with van der Waals surface area (Å²) in [6, 6.07) is 4.08. The van der Waals surface area contributed by atoms with E-state index in [-0.39, 0.29) is 22.5 Å². The normalized spacial score (nSPS) is 19.3. The Hall–Kier alpha value is -1.66. The topological polar surface area (TPSA) is 89.5 Å². The summed E-state index contributed by atoms with van der Waals surface area (Å²) in [5.41, 5.74) is 5.95. The molecule has 6 nitrogen and oxygen atoms in total. The van der Waals surface area contributed by atoms with Crippen LogP contribution in [0.2, 0.25) is 5.02 Å². The van der Waals surface area contributed by atoms with Crippen molar-refractivity contribution in [2.75, 3.05) is 18.0 Å². The maximum atomic E-state index is 11.8. The lowest BCUT2D eigenvalue weighted by atomic mass is 10.1. The molecule has 1 fully saturated rings. The van der Waals surface area contributed by atoms with Gasteiger partial charge in [0.05, 0.1) is 15.6 Å². The third-order valence-corrected chi connectivity index (χ3v) is 3.27. The molecule has 0 aliphatic carbocycles. The predicted molar refractivity (Wildman–Crippen MR) is 67.6 cm³/mol. The molecule has 0 radical (unpaired) electrons. The summed E-state index contributed by atoms with van der Waals surface area (Å²) in [6.07, 6.45) is 0.393. The van der Waals surface area contributed by atoms with Gasteiger partial charge in [-0.25, -0.2) is 0 Å². The number of halogens is 1. The number of benzene rings is 1. The molecule has 96 valence electrons. The fourth-order valence-corrected chi connectivity index (χ4v) is 2.28. The minimum absolute atomic E-state index is 0.0544. The zero-order valence-electron chi connectivity index (χ0n) is 9.51. The number of hydrogen-bond donors (Lipinski definition) is 1. The Labute approximate surface area is 108 Å². The van der Waals surface area contributed by atoms with Crippen molar-refractivity contribution in [3.05, 3.63) is 33.3 Å². The predicted octanol–water partition coefficient (Wildman–Crippen LogP) is 1.56. The third-order valence-electron chi connectivity index (χ3n) is 2.97. The van der Waals surface area contributed by atoms with Gasteiger partial charge in [-0.05, 0) is 18.5 Å². The van der Waals surface area contributed by atoms with E-state index in [1.165, 1.54) is 23.1 Å². The van der Waals surface area contributed by atoms with E-state index in [0.717, 1.165) is 0 Å². The molecule has 0 bridgehead atoms. The van der Waals surface area contributed by atoms with E-state index in [2.05, 4.69) is 0 Å². The Morgan fingerprint density at radius 2 is 2.28 bits per heavy atom. The average Bonchev–Trinajstić information content (AvgIpc) is 2.70. The first-order valence-electron chi connectivity index (χ1n) is 5.47. The molecule has 1 amide bonds. The lowest BCUT2D eigenvalue weighted by Crippen LogP contribution is -2.26. The van der Waals surface area contributed by atoms with Gasteiger partial charge < -0.3 is 10.6 Å². The highest BCUT2D eigenvalue weighted by atomic mass is 35.5. The Morgan fingerprint density at radius 1 is 1.56 bits per heavy atom. The number of nitrogens with two attached hydrogens (primary N) is 1. The molecule has 1 aromatic carbocycles. The van der Waals surface area contributed by atoms with Gasteiger partial charge in [0.15, 0.2) is 0 Å². The van der Waals surface area contributed by atoms with Crippen LogP contribution in [0.15, 0.2) is 18.2 Å². The van der Waals surface area contributed by atoms with Crippen LogP contribution in [0, 0.1) is 16.0 Å². The molecule has 1 atom stereocenters. The van der Waals surface area contributed by atoms with E-state index in [9.17, 15) is 14.9 Å². The summed E-state index contributed by atoms with van der Waals surface area (Å²) < 4.78 is 0. The molecule has 0 spiro atoms. The van der Waals surface area contributed by atoms with Gasteiger partial charge in [-0.2, -0.15) is 0 Å². The Bertz CT molecular complexity index is 506. The highest BCUT2D eigenvalue weighted by Gasteiger charge is 2.31. The second-order valence-electron chi connectivity index (χ2n) is 4.20. The van der Waals surface area contributed by atoms with Gasteiger partial charge in [0, 0.05) is 25.1 Å².